The lowest BCUT2D eigenvalue weighted by molar-refractivity contribution is -0.178. The summed E-state index contributed by atoms with van der Waals surface area (Å²) >= 11 is 0. The number of hydrazone groups is 1. The van der Waals surface area contributed by atoms with E-state index in [-0.39, 0.29) is 42.6 Å². The first kappa shape index (κ1) is 30.3. The second-order valence-electron chi connectivity index (χ2n) is 10.2. The van der Waals surface area contributed by atoms with Gasteiger partial charge in [0, 0.05) is 11.3 Å². The number of alkyl halides is 3. The van der Waals surface area contributed by atoms with Gasteiger partial charge in [-0.25, -0.2) is 5.01 Å². The molecule has 3 aromatic carbocycles. The third-order valence-corrected chi connectivity index (χ3v) is 6.98. The summed E-state index contributed by atoms with van der Waals surface area (Å²) < 4.78 is 47.1. The maximum absolute atomic E-state index is 13.9. The lowest BCUT2D eigenvalue weighted by atomic mass is 9.85. The van der Waals surface area contributed by atoms with Crippen LogP contribution in [0.4, 0.5) is 18.9 Å². The molecule has 11 heteroatoms. The average molecular weight is 582 g/mol. The number of halogens is 3. The number of carbonyl (C=O) groups excluding carboxylic acids is 2. The van der Waals surface area contributed by atoms with Crippen molar-refractivity contribution in [1.82, 2.24) is 5.01 Å². The van der Waals surface area contributed by atoms with E-state index in [4.69, 9.17) is 4.74 Å². The third kappa shape index (κ3) is 7.54. The van der Waals surface area contributed by atoms with Gasteiger partial charge in [-0.15, -0.1) is 5.10 Å². The van der Waals surface area contributed by atoms with Crippen LogP contribution in [0.25, 0.3) is 0 Å². The average Bonchev–Trinajstić information content (AvgIpc) is 2.95. The van der Waals surface area contributed by atoms with Gasteiger partial charge in [-0.3, -0.25) is 14.4 Å². The molecule has 0 saturated heterocycles. The van der Waals surface area contributed by atoms with Crippen LogP contribution >= 0.6 is 0 Å². The molecule has 3 unspecified atom stereocenters. The smallest absolute Gasteiger partial charge is 0.392 e. The van der Waals surface area contributed by atoms with Gasteiger partial charge in [0.1, 0.15) is 0 Å². The molecular formula is C31H30F3N3O5. The fourth-order valence-electron chi connectivity index (χ4n) is 4.54. The predicted molar refractivity (Wildman–Crippen MR) is 149 cm³/mol. The molecule has 2 N–H and O–H groups in total. The van der Waals surface area contributed by atoms with Crippen LogP contribution in [0.2, 0.25) is 0 Å². The molecule has 1 aliphatic rings. The van der Waals surface area contributed by atoms with Gasteiger partial charge >= 0.3 is 12.1 Å². The van der Waals surface area contributed by atoms with Crippen molar-refractivity contribution in [3.05, 3.63) is 101 Å². The van der Waals surface area contributed by atoms with Crippen molar-refractivity contribution < 1.29 is 37.4 Å². The van der Waals surface area contributed by atoms with Crippen molar-refractivity contribution in [1.29, 1.82) is 0 Å². The van der Waals surface area contributed by atoms with Crippen LogP contribution in [0.1, 0.15) is 42.0 Å². The lowest BCUT2D eigenvalue weighted by Crippen LogP contribution is -2.36. The largest absolute Gasteiger partial charge is 0.481 e. The highest BCUT2D eigenvalue weighted by atomic mass is 19.4. The molecule has 42 heavy (non-hydrogen) atoms. The maximum atomic E-state index is 13.9. The standard InChI is InChI=1S/C31H30F3N3O5/c1-19(30(40)41)15-22-7-6-10-25(16-22)35-28(39)27(20(2)31(32,33)34)23-13-11-21(12-14-23)17-37-26(38)18-42-29(36-37)24-8-4-3-5-9-24/h3-14,16,19-20,27H,15,17-18H2,1-2H3,(H,35,39)(H,40,41). The van der Waals surface area contributed by atoms with Crippen molar-refractivity contribution in [3.63, 3.8) is 0 Å². The van der Waals surface area contributed by atoms with Crippen molar-refractivity contribution in [3.8, 4) is 0 Å². The van der Waals surface area contributed by atoms with Gasteiger partial charge in [0.2, 0.25) is 11.8 Å². The van der Waals surface area contributed by atoms with E-state index in [1.54, 1.807) is 49.4 Å². The van der Waals surface area contributed by atoms with Crippen LogP contribution in [0.3, 0.4) is 0 Å². The number of benzene rings is 3. The van der Waals surface area contributed by atoms with Gasteiger partial charge in [0.25, 0.3) is 5.91 Å². The van der Waals surface area contributed by atoms with E-state index in [0.717, 1.165) is 6.92 Å². The Labute approximate surface area is 240 Å². The molecule has 2 amide bonds. The summed E-state index contributed by atoms with van der Waals surface area (Å²) in [6.07, 6.45) is -4.45. The number of nitrogens with zero attached hydrogens (tertiary/aromatic N) is 2. The van der Waals surface area contributed by atoms with Gasteiger partial charge in [-0.2, -0.15) is 13.2 Å². The summed E-state index contributed by atoms with van der Waals surface area (Å²) in [4.78, 5) is 36.9. The zero-order valence-electron chi connectivity index (χ0n) is 23.0. The number of carboxylic acids is 1. The Kier molecular flexibility index (Phi) is 9.29. The summed E-state index contributed by atoms with van der Waals surface area (Å²) in [7, 11) is 0. The summed E-state index contributed by atoms with van der Waals surface area (Å²) in [6.45, 7) is 2.36. The monoisotopic (exact) mass is 581 g/mol. The highest BCUT2D eigenvalue weighted by Crippen LogP contribution is 2.38. The normalized spacial score (nSPS) is 15.7. The number of aliphatic carboxylic acids is 1. The Bertz CT molecular complexity index is 1460. The molecule has 0 fully saturated rings. The van der Waals surface area contributed by atoms with E-state index < -0.39 is 35.8 Å². The number of anilines is 1. The van der Waals surface area contributed by atoms with Gasteiger partial charge in [-0.05, 0) is 47.4 Å². The van der Waals surface area contributed by atoms with Crippen molar-refractivity contribution in [2.75, 3.05) is 11.9 Å². The molecule has 1 aliphatic heterocycles. The Morgan fingerprint density at radius 3 is 2.33 bits per heavy atom. The molecule has 3 aromatic rings. The number of carboxylic acid groups (broad SMARTS) is 1. The molecule has 0 bridgehead atoms. The van der Waals surface area contributed by atoms with E-state index in [2.05, 4.69) is 10.4 Å². The van der Waals surface area contributed by atoms with Crippen LogP contribution in [0, 0.1) is 11.8 Å². The second-order valence-corrected chi connectivity index (χ2v) is 10.2. The molecule has 0 radical (unpaired) electrons. The van der Waals surface area contributed by atoms with Crippen LogP contribution in [-0.2, 0) is 32.1 Å². The van der Waals surface area contributed by atoms with Crippen LogP contribution in [-0.4, -0.2) is 46.6 Å². The molecule has 0 spiro atoms. The van der Waals surface area contributed by atoms with Crippen LogP contribution < -0.4 is 5.32 Å². The molecule has 0 saturated carbocycles. The summed E-state index contributed by atoms with van der Waals surface area (Å²) in [6, 6.07) is 21.4. The first-order valence-corrected chi connectivity index (χ1v) is 13.3. The van der Waals surface area contributed by atoms with E-state index >= 15 is 0 Å². The SMILES string of the molecule is CC(Cc1cccc(NC(=O)C(c2ccc(CN3N=C(c4ccccc4)OCC3=O)cc2)C(C)C(F)(F)F)c1)C(=O)O. The van der Waals surface area contributed by atoms with Crippen molar-refractivity contribution in [2.45, 2.75) is 38.9 Å². The highest BCUT2D eigenvalue weighted by Gasteiger charge is 2.45. The van der Waals surface area contributed by atoms with Crippen LogP contribution in [0.15, 0.2) is 84.0 Å². The number of ether oxygens (including phenoxy) is 1. The van der Waals surface area contributed by atoms with E-state index in [1.807, 2.05) is 18.2 Å². The van der Waals surface area contributed by atoms with Gasteiger partial charge in [0.05, 0.1) is 24.3 Å². The Morgan fingerprint density at radius 2 is 1.69 bits per heavy atom. The Morgan fingerprint density at radius 1 is 1.00 bits per heavy atom. The summed E-state index contributed by atoms with van der Waals surface area (Å²) in [5, 5.41) is 17.3. The number of hydrogen-bond acceptors (Lipinski definition) is 5. The van der Waals surface area contributed by atoms with E-state index in [1.165, 1.54) is 23.2 Å². The first-order valence-electron chi connectivity index (χ1n) is 13.3. The summed E-state index contributed by atoms with van der Waals surface area (Å²) in [5.74, 6) is -6.16. The van der Waals surface area contributed by atoms with E-state index in [9.17, 15) is 32.7 Å². The van der Waals surface area contributed by atoms with Gasteiger partial charge in [0.15, 0.2) is 6.61 Å². The quantitative estimate of drug-likeness (QED) is 0.325. The van der Waals surface area contributed by atoms with Crippen molar-refractivity contribution in [2.24, 2.45) is 16.9 Å². The highest BCUT2D eigenvalue weighted by molar-refractivity contribution is 5.98. The number of amides is 2. The van der Waals surface area contributed by atoms with E-state index in [0.29, 0.717) is 16.7 Å². The predicted octanol–water partition coefficient (Wildman–Crippen LogP) is 5.59. The van der Waals surface area contributed by atoms with Crippen molar-refractivity contribution >= 4 is 29.4 Å². The van der Waals surface area contributed by atoms with Gasteiger partial charge in [-0.1, -0.05) is 68.4 Å². The molecule has 220 valence electrons. The number of hydrogen-bond donors (Lipinski definition) is 2. The fourth-order valence-corrected chi connectivity index (χ4v) is 4.54. The molecule has 3 atom stereocenters. The minimum absolute atomic E-state index is 0.0616. The number of nitrogens with one attached hydrogen (secondary N) is 1. The molecular weight excluding hydrogens is 551 g/mol. The Hall–Kier alpha value is -4.67. The van der Waals surface area contributed by atoms with Crippen LogP contribution in [0.5, 0.6) is 0 Å². The molecule has 4 rings (SSSR count). The van der Waals surface area contributed by atoms with Gasteiger partial charge < -0.3 is 15.2 Å². The third-order valence-electron chi connectivity index (χ3n) is 6.98. The molecule has 0 aromatic heterocycles. The first-order chi connectivity index (χ1) is 19.9. The second kappa shape index (κ2) is 12.9. The molecule has 8 nitrogen and oxygen atoms in total. The molecule has 0 aliphatic carbocycles. The molecule has 1 heterocycles. The fraction of sp³-hybridized carbons (Fsp3) is 0.290. The minimum atomic E-state index is -4.65. The zero-order chi connectivity index (χ0) is 30.4. The Balaban J connectivity index is 1.53. The minimum Gasteiger partial charge on any atom is -0.481 e. The maximum Gasteiger partial charge on any atom is 0.392 e. The zero-order valence-corrected chi connectivity index (χ0v) is 23.0. The number of rotatable bonds is 10. The number of carbonyl (C=O) groups is 3. The summed E-state index contributed by atoms with van der Waals surface area (Å²) in [5.41, 5.74) is 2.34. The topological polar surface area (TPSA) is 108 Å². The lowest BCUT2D eigenvalue weighted by Gasteiger charge is -2.26.